The standard InChI is InChI=1S/C16H22N2O/c19-16(12-13-6-2-1-3-7-13)18-11-10-17-14-8-4-5-9-15(14)18/h1-3,6-7,14-15,17H,4-5,8-12H2. The molecule has 3 heteroatoms. The normalized spacial score (nSPS) is 26.8. The van der Waals surface area contributed by atoms with E-state index in [0.29, 0.717) is 24.4 Å². The molecule has 0 aromatic heterocycles. The van der Waals surface area contributed by atoms with Crippen molar-refractivity contribution in [3.05, 3.63) is 35.9 Å². The van der Waals surface area contributed by atoms with Gasteiger partial charge in [-0.05, 0) is 18.4 Å². The van der Waals surface area contributed by atoms with Gasteiger partial charge in [-0.25, -0.2) is 0 Å². The molecule has 2 unspecified atom stereocenters. The molecule has 1 aromatic rings. The lowest BCUT2D eigenvalue weighted by molar-refractivity contribution is -0.135. The minimum atomic E-state index is 0.296. The van der Waals surface area contributed by atoms with Crippen molar-refractivity contribution in [1.29, 1.82) is 0 Å². The fraction of sp³-hybridized carbons (Fsp3) is 0.562. The van der Waals surface area contributed by atoms with Gasteiger partial charge in [-0.3, -0.25) is 4.79 Å². The lowest BCUT2D eigenvalue weighted by Crippen LogP contribution is -2.60. The smallest absolute Gasteiger partial charge is 0.227 e. The summed E-state index contributed by atoms with van der Waals surface area (Å²) >= 11 is 0. The van der Waals surface area contributed by atoms with Gasteiger partial charge in [-0.1, -0.05) is 43.2 Å². The molecule has 19 heavy (non-hydrogen) atoms. The van der Waals surface area contributed by atoms with Crippen molar-refractivity contribution < 1.29 is 4.79 Å². The van der Waals surface area contributed by atoms with Crippen LogP contribution in [0.5, 0.6) is 0 Å². The first-order valence-corrected chi connectivity index (χ1v) is 7.41. The molecule has 1 N–H and O–H groups in total. The monoisotopic (exact) mass is 258 g/mol. The van der Waals surface area contributed by atoms with Crippen molar-refractivity contribution in [2.75, 3.05) is 13.1 Å². The van der Waals surface area contributed by atoms with Crippen molar-refractivity contribution in [2.24, 2.45) is 0 Å². The molecule has 102 valence electrons. The fourth-order valence-electron chi connectivity index (χ4n) is 3.44. The van der Waals surface area contributed by atoms with Crippen molar-refractivity contribution in [2.45, 2.75) is 44.2 Å². The summed E-state index contributed by atoms with van der Waals surface area (Å²) < 4.78 is 0. The second kappa shape index (κ2) is 5.74. The van der Waals surface area contributed by atoms with E-state index in [1.165, 1.54) is 19.3 Å². The SMILES string of the molecule is O=C(Cc1ccccc1)N1CCNC2CCCCC21. The number of fused-ring (bicyclic) bond motifs is 1. The molecule has 2 fully saturated rings. The highest BCUT2D eigenvalue weighted by Crippen LogP contribution is 2.26. The zero-order valence-corrected chi connectivity index (χ0v) is 11.3. The Bertz CT molecular complexity index is 430. The Balaban J connectivity index is 1.68. The van der Waals surface area contributed by atoms with Crippen LogP contribution in [0.1, 0.15) is 31.2 Å². The average Bonchev–Trinajstić information content (AvgIpc) is 2.47. The van der Waals surface area contributed by atoms with E-state index in [4.69, 9.17) is 0 Å². The van der Waals surface area contributed by atoms with Crippen molar-refractivity contribution in [3.8, 4) is 0 Å². The minimum absolute atomic E-state index is 0.296. The number of rotatable bonds is 2. The maximum Gasteiger partial charge on any atom is 0.227 e. The highest BCUT2D eigenvalue weighted by atomic mass is 16.2. The summed E-state index contributed by atoms with van der Waals surface area (Å²) in [7, 11) is 0. The summed E-state index contributed by atoms with van der Waals surface area (Å²) in [5.41, 5.74) is 1.12. The van der Waals surface area contributed by atoms with Crippen molar-refractivity contribution >= 4 is 5.91 Å². The number of piperazine rings is 1. The molecule has 2 atom stereocenters. The lowest BCUT2D eigenvalue weighted by atomic mass is 9.87. The van der Waals surface area contributed by atoms with Gasteiger partial charge in [0.05, 0.1) is 6.42 Å². The van der Waals surface area contributed by atoms with Gasteiger partial charge in [0.2, 0.25) is 5.91 Å². The lowest BCUT2D eigenvalue weighted by Gasteiger charge is -2.44. The molecule has 1 amide bonds. The third-order valence-electron chi connectivity index (χ3n) is 4.41. The topological polar surface area (TPSA) is 32.3 Å². The maximum absolute atomic E-state index is 12.5. The minimum Gasteiger partial charge on any atom is -0.337 e. The van der Waals surface area contributed by atoms with E-state index >= 15 is 0 Å². The van der Waals surface area contributed by atoms with Gasteiger partial charge in [-0.2, -0.15) is 0 Å². The van der Waals surface area contributed by atoms with Gasteiger partial charge in [0.15, 0.2) is 0 Å². The van der Waals surface area contributed by atoms with E-state index in [1.54, 1.807) is 0 Å². The van der Waals surface area contributed by atoms with Crippen LogP contribution in [0.25, 0.3) is 0 Å². The number of nitrogens with zero attached hydrogens (tertiary/aromatic N) is 1. The third kappa shape index (κ3) is 2.81. The number of amides is 1. The second-order valence-electron chi connectivity index (χ2n) is 5.66. The van der Waals surface area contributed by atoms with Gasteiger partial charge in [0.25, 0.3) is 0 Å². The molecule has 0 bridgehead atoms. The molecule has 0 spiro atoms. The van der Waals surface area contributed by atoms with E-state index in [2.05, 4.69) is 10.2 Å². The first-order chi connectivity index (χ1) is 9.34. The molecular formula is C16H22N2O. The Morgan fingerprint density at radius 2 is 2.00 bits per heavy atom. The molecular weight excluding hydrogens is 236 g/mol. The van der Waals surface area contributed by atoms with Crippen LogP contribution in [-0.4, -0.2) is 36.0 Å². The van der Waals surface area contributed by atoms with E-state index in [9.17, 15) is 4.79 Å². The molecule has 1 saturated heterocycles. The zero-order chi connectivity index (χ0) is 13.1. The van der Waals surface area contributed by atoms with E-state index in [-0.39, 0.29) is 0 Å². The summed E-state index contributed by atoms with van der Waals surface area (Å²) in [6, 6.07) is 11.0. The van der Waals surface area contributed by atoms with Crippen LogP contribution >= 0.6 is 0 Å². The van der Waals surface area contributed by atoms with Crippen LogP contribution in [-0.2, 0) is 11.2 Å². The van der Waals surface area contributed by atoms with Crippen LogP contribution in [0.3, 0.4) is 0 Å². The van der Waals surface area contributed by atoms with E-state index < -0.39 is 0 Å². The summed E-state index contributed by atoms with van der Waals surface area (Å²) in [6.07, 6.45) is 5.49. The molecule has 3 rings (SSSR count). The number of benzene rings is 1. The van der Waals surface area contributed by atoms with Gasteiger partial charge in [0, 0.05) is 25.2 Å². The van der Waals surface area contributed by atoms with Crippen LogP contribution in [0.15, 0.2) is 30.3 Å². The number of hydrogen-bond acceptors (Lipinski definition) is 2. The molecule has 3 nitrogen and oxygen atoms in total. The van der Waals surface area contributed by atoms with E-state index in [0.717, 1.165) is 25.1 Å². The van der Waals surface area contributed by atoms with Gasteiger partial charge < -0.3 is 10.2 Å². The third-order valence-corrected chi connectivity index (χ3v) is 4.41. The Labute approximate surface area is 115 Å². The Morgan fingerprint density at radius 1 is 1.21 bits per heavy atom. The molecule has 2 aliphatic rings. The zero-order valence-electron chi connectivity index (χ0n) is 11.3. The van der Waals surface area contributed by atoms with Crippen LogP contribution in [0.2, 0.25) is 0 Å². The first-order valence-electron chi connectivity index (χ1n) is 7.41. The quantitative estimate of drug-likeness (QED) is 0.879. The largest absolute Gasteiger partial charge is 0.337 e. The number of carbonyl (C=O) groups is 1. The van der Waals surface area contributed by atoms with Crippen molar-refractivity contribution in [1.82, 2.24) is 10.2 Å². The second-order valence-corrected chi connectivity index (χ2v) is 5.66. The number of carbonyl (C=O) groups excluding carboxylic acids is 1. The fourth-order valence-corrected chi connectivity index (χ4v) is 3.44. The summed E-state index contributed by atoms with van der Waals surface area (Å²) in [5, 5.41) is 3.58. The molecule has 1 saturated carbocycles. The maximum atomic E-state index is 12.5. The van der Waals surface area contributed by atoms with Crippen LogP contribution < -0.4 is 5.32 Å². The van der Waals surface area contributed by atoms with Crippen LogP contribution in [0, 0.1) is 0 Å². The number of hydrogen-bond donors (Lipinski definition) is 1. The van der Waals surface area contributed by atoms with Crippen LogP contribution in [0.4, 0.5) is 0 Å². The molecule has 1 aliphatic carbocycles. The average molecular weight is 258 g/mol. The van der Waals surface area contributed by atoms with Gasteiger partial charge >= 0.3 is 0 Å². The Morgan fingerprint density at radius 3 is 2.84 bits per heavy atom. The molecule has 1 aliphatic heterocycles. The molecule has 1 aromatic carbocycles. The Hall–Kier alpha value is -1.35. The summed E-state index contributed by atoms with van der Waals surface area (Å²) in [5.74, 6) is 0.296. The molecule has 1 heterocycles. The van der Waals surface area contributed by atoms with Gasteiger partial charge in [0.1, 0.15) is 0 Å². The Kier molecular flexibility index (Phi) is 3.83. The number of nitrogens with one attached hydrogen (secondary N) is 1. The highest BCUT2D eigenvalue weighted by Gasteiger charge is 2.35. The summed E-state index contributed by atoms with van der Waals surface area (Å²) in [6.45, 7) is 1.81. The predicted octanol–water partition coefficient (Wildman–Crippen LogP) is 1.97. The predicted molar refractivity (Wildman–Crippen MR) is 75.9 cm³/mol. The summed E-state index contributed by atoms with van der Waals surface area (Å²) in [4.78, 5) is 14.7. The highest BCUT2D eigenvalue weighted by molar-refractivity contribution is 5.79. The first kappa shape index (κ1) is 12.7. The molecule has 0 radical (unpaired) electrons. The van der Waals surface area contributed by atoms with E-state index in [1.807, 2.05) is 30.3 Å². The van der Waals surface area contributed by atoms with Crippen molar-refractivity contribution in [3.63, 3.8) is 0 Å². The van der Waals surface area contributed by atoms with Gasteiger partial charge in [-0.15, -0.1) is 0 Å².